The number of ether oxygens (including phenoxy) is 2. The van der Waals surface area contributed by atoms with Gasteiger partial charge in [-0.25, -0.2) is 0 Å². The van der Waals surface area contributed by atoms with Crippen LogP contribution in [0.1, 0.15) is 5.56 Å². The molecule has 0 heterocycles. The molecule has 2 aromatic rings. The van der Waals surface area contributed by atoms with Gasteiger partial charge in [-0.05, 0) is 36.2 Å². The van der Waals surface area contributed by atoms with E-state index in [0.29, 0.717) is 36.3 Å². The zero-order valence-electron chi connectivity index (χ0n) is 15.1. The number of hydrogen-bond acceptors (Lipinski definition) is 4. The van der Waals surface area contributed by atoms with Crippen LogP contribution in [0, 0.1) is 0 Å². The molecule has 2 rings (SSSR count). The molecule has 0 radical (unpaired) electrons. The van der Waals surface area contributed by atoms with E-state index >= 15 is 0 Å². The van der Waals surface area contributed by atoms with E-state index in [1.165, 1.54) is 0 Å². The van der Waals surface area contributed by atoms with E-state index in [2.05, 4.69) is 10.3 Å². The maximum Gasteiger partial charge on any atom is 0.188 e. The minimum Gasteiger partial charge on any atom is -0.493 e. The fourth-order valence-corrected chi connectivity index (χ4v) is 3.32. The molecule has 1 unspecified atom stereocenters. The lowest BCUT2D eigenvalue weighted by molar-refractivity contribution is 0.354. The van der Waals surface area contributed by atoms with E-state index in [4.69, 9.17) is 15.2 Å². The van der Waals surface area contributed by atoms with Crippen molar-refractivity contribution in [3.8, 4) is 11.5 Å². The number of guanidine groups is 1. The third-order valence-electron chi connectivity index (χ3n) is 3.73. The quantitative estimate of drug-likeness (QED) is 0.517. The summed E-state index contributed by atoms with van der Waals surface area (Å²) in [7, 11) is 2.17. The number of rotatable bonds is 9. The Kier molecular flexibility index (Phi) is 7.95. The van der Waals surface area contributed by atoms with Crippen LogP contribution in [0.25, 0.3) is 0 Å². The molecule has 1 atom stereocenters. The van der Waals surface area contributed by atoms with Gasteiger partial charge in [-0.15, -0.1) is 0 Å². The standard InChI is InChI=1S/C19H25N3O3S/c1-24-17-9-8-15(14-18(17)25-2)10-11-21-19(20)22-12-13-26(23)16-6-4-3-5-7-16/h3-9,14H,10-13H2,1-2H3,(H3,20,21,22). The van der Waals surface area contributed by atoms with Crippen molar-refractivity contribution < 1.29 is 13.7 Å². The van der Waals surface area contributed by atoms with Gasteiger partial charge in [0.05, 0.1) is 31.6 Å². The third-order valence-corrected chi connectivity index (χ3v) is 5.08. The number of nitrogens with one attached hydrogen (secondary N) is 1. The van der Waals surface area contributed by atoms with E-state index < -0.39 is 10.8 Å². The summed E-state index contributed by atoms with van der Waals surface area (Å²) in [6.45, 7) is 1.06. The molecule has 0 bridgehead atoms. The van der Waals surface area contributed by atoms with E-state index in [0.717, 1.165) is 16.9 Å². The first-order valence-corrected chi connectivity index (χ1v) is 9.64. The molecule has 0 saturated carbocycles. The van der Waals surface area contributed by atoms with Crippen LogP contribution in [0.3, 0.4) is 0 Å². The molecule has 0 aliphatic heterocycles. The van der Waals surface area contributed by atoms with Gasteiger partial charge in [0.25, 0.3) is 0 Å². The van der Waals surface area contributed by atoms with Crippen LogP contribution in [0.15, 0.2) is 58.4 Å². The van der Waals surface area contributed by atoms with Crippen molar-refractivity contribution in [3.05, 3.63) is 54.1 Å². The zero-order valence-corrected chi connectivity index (χ0v) is 15.9. The smallest absolute Gasteiger partial charge is 0.188 e. The summed E-state index contributed by atoms with van der Waals surface area (Å²) < 4.78 is 22.6. The van der Waals surface area contributed by atoms with Gasteiger partial charge < -0.3 is 20.5 Å². The monoisotopic (exact) mass is 375 g/mol. The van der Waals surface area contributed by atoms with Gasteiger partial charge in [-0.3, -0.25) is 9.20 Å². The Morgan fingerprint density at radius 1 is 1.12 bits per heavy atom. The van der Waals surface area contributed by atoms with Gasteiger partial charge in [0.15, 0.2) is 17.5 Å². The van der Waals surface area contributed by atoms with Crippen LogP contribution in [0.2, 0.25) is 0 Å². The topological polar surface area (TPSA) is 85.9 Å². The molecule has 2 aromatic carbocycles. The summed E-state index contributed by atoms with van der Waals surface area (Å²) in [6.07, 6.45) is 0.770. The Hall–Kier alpha value is -2.54. The maximum absolute atomic E-state index is 12.1. The van der Waals surface area contributed by atoms with Crippen LogP contribution in [0.4, 0.5) is 0 Å². The van der Waals surface area contributed by atoms with Crippen molar-refractivity contribution in [2.24, 2.45) is 10.7 Å². The largest absolute Gasteiger partial charge is 0.493 e. The van der Waals surface area contributed by atoms with Crippen molar-refractivity contribution in [1.82, 2.24) is 5.32 Å². The molecular formula is C19H25N3O3S. The molecule has 3 N–H and O–H groups in total. The van der Waals surface area contributed by atoms with Crippen molar-refractivity contribution in [2.45, 2.75) is 11.3 Å². The Labute approximate surface area is 156 Å². The third kappa shape index (κ3) is 6.07. The lowest BCUT2D eigenvalue weighted by Crippen LogP contribution is -2.33. The first kappa shape index (κ1) is 19.8. The highest BCUT2D eigenvalue weighted by atomic mass is 32.2. The number of aliphatic imine (C=N–C) groups is 1. The summed E-state index contributed by atoms with van der Waals surface area (Å²) in [5.41, 5.74) is 6.96. The normalized spacial score (nSPS) is 12.5. The zero-order chi connectivity index (χ0) is 18.8. The summed E-state index contributed by atoms with van der Waals surface area (Å²) in [4.78, 5) is 5.04. The lowest BCUT2D eigenvalue weighted by atomic mass is 10.1. The van der Waals surface area contributed by atoms with Crippen molar-refractivity contribution in [3.63, 3.8) is 0 Å². The number of nitrogens with zero attached hydrogens (tertiary/aromatic N) is 1. The Morgan fingerprint density at radius 2 is 1.85 bits per heavy atom. The molecule has 0 spiro atoms. The van der Waals surface area contributed by atoms with E-state index in [-0.39, 0.29) is 0 Å². The highest BCUT2D eigenvalue weighted by Crippen LogP contribution is 2.27. The average Bonchev–Trinajstić information content (AvgIpc) is 2.68. The second kappa shape index (κ2) is 10.5. The molecule has 0 amide bonds. The van der Waals surface area contributed by atoms with Crippen LogP contribution >= 0.6 is 0 Å². The highest BCUT2D eigenvalue weighted by Gasteiger charge is 2.05. The first-order chi connectivity index (χ1) is 12.6. The first-order valence-electron chi connectivity index (χ1n) is 8.32. The molecule has 0 aromatic heterocycles. The van der Waals surface area contributed by atoms with Crippen LogP contribution in [-0.2, 0) is 17.2 Å². The minimum atomic E-state index is -1.06. The molecule has 6 nitrogen and oxygen atoms in total. The molecule has 0 aliphatic rings. The van der Waals surface area contributed by atoms with Gasteiger partial charge >= 0.3 is 0 Å². The minimum absolute atomic E-state index is 0.357. The van der Waals surface area contributed by atoms with E-state index in [1.807, 2.05) is 48.5 Å². The van der Waals surface area contributed by atoms with Crippen LogP contribution in [0.5, 0.6) is 11.5 Å². The highest BCUT2D eigenvalue weighted by molar-refractivity contribution is 7.85. The Morgan fingerprint density at radius 3 is 2.54 bits per heavy atom. The summed E-state index contributed by atoms with van der Waals surface area (Å²) >= 11 is 0. The molecule has 0 fully saturated rings. The molecule has 140 valence electrons. The SMILES string of the molecule is COc1ccc(CCNC(N)=NCCS(=O)c2ccccc2)cc1OC. The Bertz CT molecular complexity index is 751. The number of methoxy groups -OCH3 is 2. The van der Waals surface area contributed by atoms with Crippen molar-refractivity contribution in [2.75, 3.05) is 33.1 Å². The average molecular weight is 375 g/mol. The summed E-state index contributed by atoms with van der Waals surface area (Å²) in [6, 6.07) is 15.2. The Balaban J connectivity index is 1.75. The molecule has 0 saturated heterocycles. The molecule has 26 heavy (non-hydrogen) atoms. The predicted molar refractivity (Wildman–Crippen MR) is 105 cm³/mol. The number of benzene rings is 2. The number of hydrogen-bond donors (Lipinski definition) is 2. The van der Waals surface area contributed by atoms with E-state index in [9.17, 15) is 4.21 Å². The molecule has 7 heteroatoms. The predicted octanol–water partition coefficient (Wildman–Crippen LogP) is 1.96. The van der Waals surface area contributed by atoms with Crippen LogP contribution in [-0.4, -0.2) is 43.2 Å². The number of nitrogens with two attached hydrogens (primary N) is 1. The second-order valence-electron chi connectivity index (χ2n) is 5.50. The van der Waals surface area contributed by atoms with Gasteiger partial charge in [-0.1, -0.05) is 24.3 Å². The fourth-order valence-electron chi connectivity index (χ4n) is 2.37. The molecular weight excluding hydrogens is 350 g/mol. The maximum atomic E-state index is 12.1. The van der Waals surface area contributed by atoms with Crippen molar-refractivity contribution >= 4 is 16.8 Å². The van der Waals surface area contributed by atoms with Gasteiger partial charge in [0.1, 0.15) is 0 Å². The van der Waals surface area contributed by atoms with Gasteiger partial charge in [0.2, 0.25) is 0 Å². The fraction of sp³-hybridized carbons (Fsp3) is 0.316. The second-order valence-corrected chi connectivity index (χ2v) is 7.07. The van der Waals surface area contributed by atoms with Gasteiger partial charge in [-0.2, -0.15) is 0 Å². The van der Waals surface area contributed by atoms with E-state index in [1.54, 1.807) is 14.2 Å². The summed E-state index contributed by atoms with van der Waals surface area (Å²) in [5.74, 6) is 2.21. The van der Waals surface area contributed by atoms with Crippen molar-refractivity contribution in [1.29, 1.82) is 0 Å². The molecule has 0 aliphatic carbocycles. The lowest BCUT2D eigenvalue weighted by Gasteiger charge is -2.10. The summed E-state index contributed by atoms with van der Waals surface area (Å²) in [5, 5.41) is 3.07. The van der Waals surface area contributed by atoms with Gasteiger partial charge in [0, 0.05) is 17.2 Å². The van der Waals surface area contributed by atoms with Crippen LogP contribution < -0.4 is 20.5 Å².